The number of para-hydroxylation sites is 6. The van der Waals surface area contributed by atoms with Crippen LogP contribution >= 0.6 is 0 Å². The summed E-state index contributed by atoms with van der Waals surface area (Å²) in [5.41, 5.74) is 18.8. The maximum Gasteiger partial charge on any atom is 0.189 e. The third-order valence-corrected chi connectivity index (χ3v) is 12.7. The lowest BCUT2D eigenvalue weighted by atomic mass is 9.84. The molecule has 65 heavy (non-hydrogen) atoms. The molecule has 1 heterocycles. The normalized spacial score (nSPS) is 12.9. The second-order valence-electron chi connectivity index (χ2n) is 17.1. The number of hydrogen-bond acceptors (Lipinski definition) is 4. The molecule has 10 rings (SSSR count). The third kappa shape index (κ3) is 8.11. The van der Waals surface area contributed by atoms with Crippen LogP contribution in [-0.4, -0.2) is 5.78 Å². The number of aryl methyl sites for hydroxylation is 2. The molecule has 0 spiro atoms. The summed E-state index contributed by atoms with van der Waals surface area (Å²) in [4.78, 5) is 19.6. The van der Waals surface area contributed by atoms with E-state index in [1.165, 1.54) is 22.3 Å². The summed E-state index contributed by atoms with van der Waals surface area (Å²) in [6, 6.07) is 63.8. The second kappa shape index (κ2) is 17.7. The van der Waals surface area contributed by atoms with Crippen molar-refractivity contribution in [2.75, 3.05) is 9.80 Å². The molecule has 1 aliphatic heterocycles. The van der Waals surface area contributed by atoms with Crippen LogP contribution in [0.2, 0.25) is 0 Å². The van der Waals surface area contributed by atoms with Crippen LogP contribution in [-0.2, 0) is 6.42 Å². The van der Waals surface area contributed by atoms with Crippen molar-refractivity contribution < 1.29 is 9.53 Å². The number of carbonyl (C=O) groups is 1. The average Bonchev–Trinajstić information content (AvgIpc) is 3.35. The SMILES string of the molecule is C=Cc1ccccc1N(c1ccc(-c2cc(C(=O)C3=CC=C(C)CC3)c(-c3ccc(N4c5ccccc5Oc5ccccc54)cc3)cc2Cc2ccc(C)cc2)cc1)c1ccccc1C. The van der Waals surface area contributed by atoms with E-state index in [2.05, 4.69) is 189 Å². The van der Waals surface area contributed by atoms with E-state index in [1.54, 1.807) is 0 Å². The molecule has 316 valence electrons. The van der Waals surface area contributed by atoms with E-state index in [0.29, 0.717) is 18.4 Å². The van der Waals surface area contributed by atoms with Crippen molar-refractivity contribution in [3.63, 3.8) is 0 Å². The molecule has 0 saturated carbocycles. The fourth-order valence-corrected chi connectivity index (χ4v) is 9.16. The zero-order chi connectivity index (χ0) is 44.4. The van der Waals surface area contributed by atoms with Gasteiger partial charge in [-0.2, -0.15) is 0 Å². The highest BCUT2D eigenvalue weighted by molar-refractivity contribution is 6.14. The Kier molecular flexibility index (Phi) is 11.2. The minimum atomic E-state index is 0.0652. The quantitative estimate of drug-likeness (QED) is 0.121. The Morgan fingerprint density at radius 3 is 1.91 bits per heavy atom. The second-order valence-corrected chi connectivity index (χ2v) is 17.1. The Balaban J connectivity index is 1.12. The zero-order valence-corrected chi connectivity index (χ0v) is 37.1. The van der Waals surface area contributed by atoms with Crippen molar-refractivity contribution in [3.05, 3.63) is 245 Å². The van der Waals surface area contributed by atoms with Crippen molar-refractivity contribution >= 4 is 46.0 Å². The van der Waals surface area contributed by atoms with Gasteiger partial charge in [-0.15, -0.1) is 0 Å². The van der Waals surface area contributed by atoms with Gasteiger partial charge in [-0.3, -0.25) is 4.79 Å². The molecule has 4 nitrogen and oxygen atoms in total. The van der Waals surface area contributed by atoms with Gasteiger partial charge in [0.25, 0.3) is 0 Å². The molecular formula is C61H50N2O2. The Bertz CT molecular complexity index is 3110. The highest BCUT2D eigenvalue weighted by Gasteiger charge is 2.27. The number of nitrogens with zero attached hydrogens (tertiary/aromatic N) is 2. The first-order chi connectivity index (χ1) is 31.8. The predicted molar refractivity (Wildman–Crippen MR) is 271 cm³/mol. The molecule has 0 aromatic heterocycles. The molecular weight excluding hydrogens is 793 g/mol. The maximum atomic E-state index is 15.0. The Hall–Kier alpha value is -7.95. The van der Waals surface area contributed by atoms with Crippen LogP contribution in [0.25, 0.3) is 28.3 Å². The molecule has 8 aromatic rings. The molecule has 0 bridgehead atoms. The van der Waals surface area contributed by atoms with Crippen LogP contribution in [0, 0.1) is 13.8 Å². The maximum absolute atomic E-state index is 15.0. The first-order valence-corrected chi connectivity index (χ1v) is 22.4. The fourth-order valence-electron chi connectivity index (χ4n) is 9.16. The molecule has 2 aliphatic rings. The lowest BCUT2D eigenvalue weighted by Gasteiger charge is -2.32. The van der Waals surface area contributed by atoms with E-state index in [0.717, 1.165) is 91.0 Å². The van der Waals surface area contributed by atoms with E-state index >= 15 is 0 Å². The van der Waals surface area contributed by atoms with Gasteiger partial charge in [-0.05, 0) is 157 Å². The fraction of sp³-hybridized carbons (Fsp3) is 0.0984. The van der Waals surface area contributed by atoms with Crippen molar-refractivity contribution in [2.45, 2.75) is 40.0 Å². The first kappa shape index (κ1) is 41.1. The number of allylic oxidation sites excluding steroid dienone is 4. The molecule has 0 fully saturated rings. The standard InChI is InChI=1S/C61H50N2O2/c1-5-45-15-7-9-17-56(45)62(55-16-8-6-14-43(55)4)50-34-30-46(31-35-50)52-40-54(61(64)48-28-24-42(3)25-29-48)53(39-49(52)38-44-26-22-41(2)23-27-44)47-32-36-51(37-33-47)63-57-18-10-12-20-59(57)65-60-21-13-11-19-58(60)63/h5-24,26-28,30-37,39-40H,1,25,29,38H2,2-4H3. The van der Waals surface area contributed by atoms with Gasteiger partial charge in [0.05, 0.1) is 17.1 Å². The molecule has 0 saturated heterocycles. The largest absolute Gasteiger partial charge is 0.453 e. The van der Waals surface area contributed by atoms with Gasteiger partial charge in [-0.1, -0.05) is 145 Å². The lowest BCUT2D eigenvalue weighted by Crippen LogP contribution is -2.15. The van der Waals surface area contributed by atoms with Crippen LogP contribution in [0.4, 0.5) is 34.1 Å². The number of benzene rings is 8. The average molecular weight is 843 g/mol. The van der Waals surface area contributed by atoms with Gasteiger partial charge in [0.2, 0.25) is 0 Å². The Morgan fingerprint density at radius 1 is 0.631 bits per heavy atom. The van der Waals surface area contributed by atoms with E-state index in [4.69, 9.17) is 4.74 Å². The summed E-state index contributed by atoms with van der Waals surface area (Å²) in [5.74, 6) is 1.68. The molecule has 8 aromatic carbocycles. The van der Waals surface area contributed by atoms with Gasteiger partial charge in [0.15, 0.2) is 17.3 Å². The van der Waals surface area contributed by atoms with Gasteiger partial charge in [-0.25, -0.2) is 0 Å². The molecule has 0 atom stereocenters. The van der Waals surface area contributed by atoms with Crippen LogP contribution in [0.15, 0.2) is 212 Å². The van der Waals surface area contributed by atoms with Gasteiger partial charge in [0, 0.05) is 28.2 Å². The van der Waals surface area contributed by atoms with Crippen LogP contribution < -0.4 is 14.5 Å². The highest BCUT2D eigenvalue weighted by atomic mass is 16.5. The number of fused-ring (bicyclic) bond motifs is 2. The summed E-state index contributed by atoms with van der Waals surface area (Å²) in [5, 5.41) is 0. The summed E-state index contributed by atoms with van der Waals surface area (Å²) in [6.45, 7) is 10.6. The summed E-state index contributed by atoms with van der Waals surface area (Å²) >= 11 is 0. The lowest BCUT2D eigenvalue weighted by molar-refractivity contribution is 0.103. The van der Waals surface area contributed by atoms with Crippen molar-refractivity contribution in [1.29, 1.82) is 0 Å². The highest BCUT2D eigenvalue weighted by Crippen LogP contribution is 2.50. The van der Waals surface area contributed by atoms with Crippen LogP contribution in [0.5, 0.6) is 11.5 Å². The summed E-state index contributed by atoms with van der Waals surface area (Å²) < 4.78 is 6.32. The van der Waals surface area contributed by atoms with Crippen molar-refractivity contribution in [1.82, 2.24) is 0 Å². The number of carbonyl (C=O) groups excluding carboxylic acids is 1. The number of Topliss-reactive ketones (excluding diaryl/α,β-unsaturated/α-hetero) is 1. The minimum absolute atomic E-state index is 0.0652. The number of anilines is 6. The van der Waals surface area contributed by atoms with Gasteiger partial charge >= 0.3 is 0 Å². The van der Waals surface area contributed by atoms with Crippen molar-refractivity contribution in [3.8, 4) is 33.8 Å². The smallest absolute Gasteiger partial charge is 0.189 e. The van der Waals surface area contributed by atoms with Crippen molar-refractivity contribution in [2.24, 2.45) is 0 Å². The summed E-state index contributed by atoms with van der Waals surface area (Å²) in [7, 11) is 0. The molecule has 0 radical (unpaired) electrons. The monoisotopic (exact) mass is 842 g/mol. The minimum Gasteiger partial charge on any atom is -0.453 e. The number of ketones is 1. The van der Waals surface area contributed by atoms with E-state index in [1.807, 2.05) is 48.6 Å². The van der Waals surface area contributed by atoms with Gasteiger partial charge in [0.1, 0.15) is 0 Å². The number of hydrogen-bond donors (Lipinski definition) is 0. The third-order valence-electron chi connectivity index (χ3n) is 12.7. The summed E-state index contributed by atoms with van der Waals surface area (Å²) in [6.07, 6.45) is 8.32. The molecule has 0 amide bonds. The predicted octanol–water partition coefficient (Wildman–Crippen LogP) is 16.8. The van der Waals surface area contributed by atoms with E-state index in [9.17, 15) is 4.79 Å². The van der Waals surface area contributed by atoms with E-state index < -0.39 is 0 Å². The van der Waals surface area contributed by atoms with Crippen LogP contribution in [0.3, 0.4) is 0 Å². The molecule has 1 aliphatic carbocycles. The number of rotatable bonds is 11. The van der Waals surface area contributed by atoms with E-state index in [-0.39, 0.29) is 5.78 Å². The molecule has 0 N–H and O–H groups in total. The topological polar surface area (TPSA) is 32.8 Å². The Morgan fingerprint density at radius 2 is 1.25 bits per heavy atom. The molecule has 4 heteroatoms. The molecule has 0 unspecified atom stereocenters. The Labute approximate surface area is 382 Å². The van der Waals surface area contributed by atoms with Gasteiger partial charge < -0.3 is 14.5 Å². The number of ether oxygens (including phenoxy) is 1. The first-order valence-electron chi connectivity index (χ1n) is 22.4. The zero-order valence-electron chi connectivity index (χ0n) is 37.1. The van der Waals surface area contributed by atoms with Crippen LogP contribution in [0.1, 0.15) is 57.9 Å².